The molecule has 1 aliphatic rings. The van der Waals surface area contributed by atoms with E-state index in [1.54, 1.807) is 6.92 Å². The normalized spacial score (nSPS) is 21.3. The van der Waals surface area contributed by atoms with Crippen molar-refractivity contribution in [2.75, 3.05) is 0 Å². The lowest BCUT2D eigenvalue weighted by molar-refractivity contribution is -0.143. The Bertz CT molecular complexity index is 635. The van der Waals surface area contributed by atoms with Crippen molar-refractivity contribution in [3.63, 3.8) is 0 Å². The predicted molar refractivity (Wildman–Crippen MR) is 66.8 cm³/mol. The molecular formula is C14H14N2O3. The van der Waals surface area contributed by atoms with Gasteiger partial charge in [0.15, 0.2) is 0 Å². The van der Waals surface area contributed by atoms with Crippen LogP contribution in [-0.2, 0) is 23.1 Å². The number of carboxylic acid groups (broad SMARTS) is 1. The number of hydrogen-bond donors (Lipinski definition) is 1. The van der Waals surface area contributed by atoms with E-state index < -0.39 is 11.4 Å². The molecule has 2 aromatic rings. The topological polar surface area (TPSA) is 76.2 Å². The van der Waals surface area contributed by atoms with Crippen LogP contribution in [0.1, 0.15) is 28.9 Å². The second kappa shape index (κ2) is 4.19. The van der Waals surface area contributed by atoms with Gasteiger partial charge in [0.1, 0.15) is 11.4 Å². The van der Waals surface area contributed by atoms with Gasteiger partial charge in [-0.25, -0.2) is 4.63 Å². The van der Waals surface area contributed by atoms with E-state index in [4.69, 9.17) is 0 Å². The highest BCUT2D eigenvalue weighted by atomic mass is 16.6. The third kappa shape index (κ3) is 1.73. The van der Waals surface area contributed by atoms with Crippen molar-refractivity contribution in [3.8, 4) is 0 Å². The Labute approximate surface area is 110 Å². The summed E-state index contributed by atoms with van der Waals surface area (Å²) in [5.41, 5.74) is 2.38. The molecule has 5 heteroatoms. The number of hydrogen-bond acceptors (Lipinski definition) is 4. The zero-order valence-electron chi connectivity index (χ0n) is 10.6. The van der Waals surface area contributed by atoms with Crippen LogP contribution >= 0.6 is 0 Å². The zero-order chi connectivity index (χ0) is 13.5. The van der Waals surface area contributed by atoms with E-state index in [2.05, 4.69) is 14.9 Å². The van der Waals surface area contributed by atoms with Gasteiger partial charge in [0.2, 0.25) is 0 Å². The monoisotopic (exact) mass is 258 g/mol. The summed E-state index contributed by atoms with van der Waals surface area (Å²) in [6.07, 6.45) is 1.70. The third-order valence-electron chi connectivity index (χ3n) is 3.98. The van der Waals surface area contributed by atoms with E-state index in [0.29, 0.717) is 24.2 Å². The zero-order valence-corrected chi connectivity index (χ0v) is 10.6. The van der Waals surface area contributed by atoms with Crippen molar-refractivity contribution >= 4 is 5.97 Å². The molecule has 1 atom stereocenters. The molecule has 0 bridgehead atoms. The summed E-state index contributed by atoms with van der Waals surface area (Å²) in [5.74, 6) is -0.806. The van der Waals surface area contributed by atoms with Gasteiger partial charge in [-0.15, -0.1) is 0 Å². The minimum atomic E-state index is -0.903. The Balaban J connectivity index is 2.08. The first-order chi connectivity index (χ1) is 9.13. The minimum Gasteiger partial charge on any atom is -0.481 e. The minimum absolute atomic E-state index is 0.328. The number of carboxylic acids is 1. The first-order valence-corrected chi connectivity index (χ1v) is 6.23. The number of fused-ring (bicyclic) bond motifs is 1. The largest absolute Gasteiger partial charge is 0.481 e. The quantitative estimate of drug-likeness (QED) is 0.909. The molecule has 0 radical (unpaired) electrons. The number of aromatic nitrogens is 2. The molecule has 0 saturated heterocycles. The molecule has 1 aliphatic carbocycles. The standard InChI is InChI=1S/C14H14N2O3/c1-9-12(16-19-15-9)8-14(13(17)18)7-6-10-4-2-3-5-11(10)14/h2-5H,6-8H2,1H3,(H,17,18). The number of aliphatic carboxylic acids is 1. The summed E-state index contributed by atoms with van der Waals surface area (Å²) in [7, 11) is 0. The van der Waals surface area contributed by atoms with Crippen LogP contribution in [0.3, 0.4) is 0 Å². The molecule has 5 nitrogen and oxygen atoms in total. The maximum absolute atomic E-state index is 11.8. The van der Waals surface area contributed by atoms with Gasteiger partial charge in [-0.3, -0.25) is 4.79 Å². The van der Waals surface area contributed by atoms with Gasteiger partial charge in [0, 0.05) is 6.42 Å². The molecule has 3 rings (SSSR count). The van der Waals surface area contributed by atoms with Crippen LogP contribution in [0.5, 0.6) is 0 Å². The number of carbonyl (C=O) groups is 1. The van der Waals surface area contributed by atoms with Crippen molar-refractivity contribution in [2.45, 2.75) is 31.6 Å². The van der Waals surface area contributed by atoms with E-state index in [0.717, 1.165) is 17.5 Å². The number of benzene rings is 1. The summed E-state index contributed by atoms with van der Waals surface area (Å²) in [6, 6.07) is 7.72. The first-order valence-electron chi connectivity index (χ1n) is 6.23. The van der Waals surface area contributed by atoms with Gasteiger partial charge in [0.05, 0.1) is 5.41 Å². The molecule has 0 aliphatic heterocycles. The van der Waals surface area contributed by atoms with Crippen molar-refractivity contribution < 1.29 is 14.5 Å². The van der Waals surface area contributed by atoms with Crippen molar-refractivity contribution in [3.05, 3.63) is 46.8 Å². The Hall–Kier alpha value is -2.17. The predicted octanol–water partition coefficient (Wildman–Crippen LogP) is 1.89. The highest BCUT2D eigenvalue weighted by Crippen LogP contribution is 2.41. The van der Waals surface area contributed by atoms with E-state index in [9.17, 15) is 9.90 Å². The molecule has 1 heterocycles. The molecule has 1 aromatic carbocycles. The summed E-state index contributed by atoms with van der Waals surface area (Å²) in [4.78, 5) is 11.8. The number of rotatable bonds is 3. The van der Waals surface area contributed by atoms with Crippen molar-refractivity contribution in [1.29, 1.82) is 0 Å². The summed E-state index contributed by atoms with van der Waals surface area (Å²) in [5, 5.41) is 17.3. The highest BCUT2D eigenvalue weighted by Gasteiger charge is 2.46. The van der Waals surface area contributed by atoms with E-state index in [-0.39, 0.29) is 0 Å². The fourth-order valence-corrected chi connectivity index (χ4v) is 2.86. The molecule has 1 N–H and O–H groups in total. The van der Waals surface area contributed by atoms with E-state index in [1.165, 1.54) is 0 Å². The average molecular weight is 258 g/mol. The SMILES string of the molecule is Cc1nonc1CC1(C(=O)O)CCc2ccccc21. The maximum Gasteiger partial charge on any atom is 0.314 e. The fourth-order valence-electron chi connectivity index (χ4n) is 2.86. The molecule has 1 aromatic heterocycles. The van der Waals surface area contributed by atoms with Crippen LogP contribution in [0.15, 0.2) is 28.9 Å². The Kier molecular flexibility index (Phi) is 2.62. The maximum atomic E-state index is 11.8. The molecule has 0 saturated carbocycles. The molecule has 98 valence electrons. The van der Waals surface area contributed by atoms with E-state index >= 15 is 0 Å². The van der Waals surface area contributed by atoms with Crippen LogP contribution in [0, 0.1) is 6.92 Å². The van der Waals surface area contributed by atoms with E-state index in [1.807, 2.05) is 24.3 Å². The lowest BCUT2D eigenvalue weighted by atomic mass is 9.77. The molecule has 0 fully saturated rings. The molecule has 0 amide bonds. The second-order valence-electron chi connectivity index (χ2n) is 5.02. The number of aryl methyl sites for hydroxylation is 2. The lowest BCUT2D eigenvalue weighted by Crippen LogP contribution is -2.36. The first kappa shape index (κ1) is 11.9. The fraction of sp³-hybridized carbons (Fsp3) is 0.357. The second-order valence-corrected chi connectivity index (χ2v) is 5.02. The van der Waals surface area contributed by atoms with Gasteiger partial charge in [-0.2, -0.15) is 0 Å². The smallest absolute Gasteiger partial charge is 0.314 e. The van der Waals surface area contributed by atoms with Gasteiger partial charge in [0.25, 0.3) is 0 Å². The van der Waals surface area contributed by atoms with Crippen LogP contribution in [0.25, 0.3) is 0 Å². The molecule has 1 unspecified atom stereocenters. The van der Waals surface area contributed by atoms with Gasteiger partial charge >= 0.3 is 5.97 Å². The Morgan fingerprint density at radius 2 is 2.21 bits per heavy atom. The lowest BCUT2D eigenvalue weighted by Gasteiger charge is -2.24. The Morgan fingerprint density at radius 3 is 2.89 bits per heavy atom. The van der Waals surface area contributed by atoms with Crippen LogP contribution in [0.2, 0.25) is 0 Å². The van der Waals surface area contributed by atoms with Gasteiger partial charge < -0.3 is 5.11 Å². The highest BCUT2D eigenvalue weighted by molar-refractivity contribution is 5.83. The third-order valence-corrected chi connectivity index (χ3v) is 3.98. The van der Waals surface area contributed by atoms with Gasteiger partial charge in [-0.05, 0) is 30.9 Å². The summed E-state index contributed by atoms with van der Waals surface area (Å²) >= 11 is 0. The summed E-state index contributed by atoms with van der Waals surface area (Å²) in [6.45, 7) is 1.78. The molecular weight excluding hydrogens is 244 g/mol. The van der Waals surface area contributed by atoms with Crippen LogP contribution in [0.4, 0.5) is 0 Å². The van der Waals surface area contributed by atoms with Crippen molar-refractivity contribution in [1.82, 2.24) is 10.3 Å². The average Bonchev–Trinajstić information content (AvgIpc) is 2.96. The van der Waals surface area contributed by atoms with Crippen LogP contribution in [-0.4, -0.2) is 21.4 Å². The van der Waals surface area contributed by atoms with Crippen LogP contribution < -0.4 is 0 Å². The summed E-state index contributed by atoms with van der Waals surface area (Å²) < 4.78 is 4.68. The van der Waals surface area contributed by atoms with Crippen molar-refractivity contribution in [2.24, 2.45) is 0 Å². The Morgan fingerprint density at radius 1 is 1.42 bits per heavy atom. The molecule has 0 spiro atoms. The molecule has 19 heavy (non-hydrogen) atoms. The van der Waals surface area contributed by atoms with Gasteiger partial charge in [-0.1, -0.05) is 34.6 Å². The number of nitrogens with zero attached hydrogens (tertiary/aromatic N) is 2.